The molecule has 4 atom stereocenters. The molecule has 3 saturated heterocycles. The van der Waals surface area contributed by atoms with Crippen molar-refractivity contribution in [1.29, 1.82) is 0 Å². The van der Waals surface area contributed by atoms with Gasteiger partial charge < -0.3 is 34.3 Å². The highest BCUT2D eigenvalue weighted by Crippen LogP contribution is 2.43. The van der Waals surface area contributed by atoms with Crippen LogP contribution in [0.1, 0.15) is 54.4 Å². The number of amides is 1. The summed E-state index contributed by atoms with van der Waals surface area (Å²) < 4.78 is 23.3. The summed E-state index contributed by atoms with van der Waals surface area (Å²) in [4.78, 5) is 14.6. The van der Waals surface area contributed by atoms with Gasteiger partial charge in [-0.05, 0) is 27.8 Å². The molecule has 0 aromatic heterocycles. The second-order valence-corrected chi connectivity index (χ2v) is 14.5. The Morgan fingerprint density at radius 1 is 0.935 bits per heavy atom. The highest BCUT2D eigenvalue weighted by atomic mass is 35.6. The standard InChI is InChI=1S/C35H39Cl3N2O6/c1-23-30(21-40-16-14-34(15-17-40)43-18-19-44-34)45-32(46-31(23)26-8-6-24(22-41)7-9-26)27-12-10-25(11-13-27)29-5-3-2-4-28(29)20-39-33(42)35(36,37)38/h2-13,23,30-32,41H,14-22H2,1H3,(H,39,42). The van der Waals surface area contributed by atoms with E-state index in [0.717, 1.165) is 65.9 Å². The van der Waals surface area contributed by atoms with Gasteiger partial charge in [-0.3, -0.25) is 4.79 Å². The van der Waals surface area contributed by atoms with Gasteiger partial charge in [0.25, 0.3) is 9.70 Å². The molecular formula is C35H39Cl3N2O6. The van der Waals surface area contributed by atoms with E-state index in [1.807, 2.05) is 72.8 Å². The van der Waals surface area contributed by atoms with Gasteiger partial charge in [-0.25, -0.2) is 0 Å². The summed E-state index contributed by atoms with van der Waals surface area (Å²) in [5, 5.41) is 12.3. The summed E-state index contributed by atoms with van der Waals surface area (Å²) in [5.74, 6) is -1.02. The molecule has 3 aliphatic heterocycles. The van der Waals surface area contributed by atoms with Crippen LogP contribution in [0.25, 0.3) is 11.1 Å². The summed E-state index contributed by atoms with van der Waals surface area (Å²) in [5.41, 5.74) is 5.63. The van der Waals surface area contributed by atoms with Crippen LogP contribution in [0.3, 0.4) is 0 Å². The van der Waals surface area contributed by atoms with E-state index in [1.54, 1.807) is 0 Å². The molecule has 1 amide bonds. The molecule has 3 aliphatic rings. The van der Waals surface area contributed by atoms with Gasteiger partial charge in [-0.1, -0.05) is 115 Å². The van der Waals surface area contributed by atoms with E-state index in [9.17, 15) is 9.90 Å². The lowest BCUT2D eigenvalue weighted by Crippen LogP contribution is -2.50. The summed E-state index contributed by atoms with van der Waals surface area (Å²) in [6.07, 6.45) is 0.835. The first-order chi connectivity index (χ1) is 22.1. The Morgan fingerprint density at radius 2 is 1.59 bits per heavy atom. The van der Waals surface area contributed by atoms with E-state index in [4.69, 9.17) is 53.8 Å². The number of alkyl halides is 3. The van der Waals surface area contributed by atoms with E-state index in [0.29, 0.717) is 13.2 Å². The maximum absolute atomic E-state index is 12.1. The number of piperidine rings is 1. The predicted octanol–water partition coefficient (Wildman–Crippen LogP) is 6.46. The van der Waals surface area contributed by atoms with Gasteiger partial charge in [0.2, 0.25) is 0 Å². The molecule has 3 aromatic carbocycles. The second-order valence-electron chi connectivity index (χ2n) is 12.2. The number of carbonyl (C=O) groups is 1. The van der Waals surface area contributed by atoms with Gasteiger partial charge in [0.15, 0.2) is 12.1 Å². The number of ether oxygens (including phenoxy) is 4. The third-order valence-electron chi connectivity index (χ3n) is 9.20. The molecule has 8 nitrogen and oxygen atoms in total. The molecule has 2 N–H and O–H groups in total. The van der Waals surface area contributed by atoms with Gasteiger partial charge >= 0.3 is 0 Å². The predicted molar refractivity (Wildman–Crippen MR) is 177 cm³/mol. The number of rotatable bonds is 8. The third kappa shape index (κ3) is 7.73. The second kappa shape index (κ2) is 14.5. The van der Waals surface area contributed by atoms with Crippen LogP contribution in [-0.2, 0) is 36.9 Å². The Bertz CT molecular complexity index is 1470. The molecule has 1 spiro atoms. The van der Waals surface area contributed by atoms with Gasteiger partial charge in [-0.2, -0.15) is 0 Å². The first kappa shape index (κ1) is 33.7. The highest BCUT2D eigenvalue weighted by molar-refractivity contribution is 6.76. The quantitative estimate of drug-likeness (QED) is 0.263. The van der Waals surface area contributed by atoms with Gasteiger partial charge in [0, 0.05) is 50.5 Å². The smallest absolute Gasteiger partial charge is 0.272 e. The Balaban J connectivity index is 1.20. The topological polar surface area (TPSA) is 89.5 Å². The molecule has 3 aromatic rings. The molecular weight excluding hydrogens is 651 g/mol. The van der Waals surface area contributed by atoms with E-state index < -0.39 is 21.8 Å². The minimum absolute atomic E-state index is 0.00560. The molecule has 11 heteroatoms. The minimum Gasteiger partial charge on any atom is -0.392 e. The van der Waals surface area contributed by atoms with E-state index in [1.165, 1.54) is 0 Å². The lowest BCUT2D eigenvalue weighted by atomic mass is 9.89. The van der Waals surface area contributed by atoms with Crippen LogP contribution < -0.4 is 5.32 Å². The number of carbonyl (C=O) groups excluding carboxylic acids is 1. The third-order valence-corrected chi connectivity index (χ3v) is 9.72. The van der Waals surface area contributed by atoms with Crippen LogP contribution in [0.5, 0.6) is 0 Å². The summed E-state index contributed by atoms with van der Waals surface area (Å²) >= 11 is 17.2. The van der Waals surface area contributed by atoms with Crippen molar-refractivity contribution < 1.29 is 28.8 Å². The van der Waals surface area contributed by atoms with E-state index >= 15 is 0 Å². The molecule has 0 aliphatic carbocycles. The Morgan fingerprint density at radius 3 is 2.24 bits per heavy atom. The lowest BCUT2D eigenvalue weighted by Gasteiger charge is -2.44. The number of hydrogen-bond donors (Lipinski definition) is 2. The molecule has 0 bridgehead atoms. The summed E-state index contributed by atoms with van der Waals surface area (Å²) in [7, 11) is 0. The Kier molecular flexibility index (Phi) is 10.6. The van der Waals surface area contributed by atoms with Gasteiger partial charge in [0.05, 0.1) is 32.0 Å². The first-order valence-electron chi connectivity index (χ1n) is 15.7. The normalized spacial score (nSPS) is 25.1. The average molecular weight is 690 g/mol. The van der Waals surface area contributed by atoms with Crippen LogP contribution in [-0.4, -0.2) is 64.4 Å². The van der Waals surface area contributed by atoms with E-state index in [2.05, 4.69) is 17.1 Å². The number of benzene rings is 3. The number of aliphatic hydroxyl groups excluding tert-OH is 1. The molecule has 246 valence electrons. The van der Waals surface area contributed by atoms with Gasteiger partial charge in [0.1, 0.15) is 0 Å². The maximum Gasteiger partial charge on any atom is 0.272 e. The van der Waals surface area contributed by atoms with Crippen LogP contribution >= 0.6 is 34.8 Å². The molecule has 46 heavy (non-hydrogen) atoms. The molecule has 3 fully saturated rings. The SMILES string of the molecule is CC1C(CN2CCC3(CC2)OCCO3)OC(c2ccc(-c3ccccc3CNC(=O)C(Cl)(Cl)Cl)cc2)OC1c1ccc(CO)cc1. The zero-order chi connectivity index (χ0) is 32.3. The first-order valence-corrected chi connectivity index (χ1v) is 16.8. The summed E-state index contributed by atoms with van der Waals surface area (Å²) in [6.45, 7) is 6.25. The number of likely N-dealkylation sites (tertiary alicyclic amines) is 1. The van der Waals surface area contributed by atoms with Crippen molar-refractivity contribution in [3.63, 3.8) is 0 Å². The van der Waals surface area contributed by atoms with Crippen molar-refractivity contribution in [3.8, 4) is 11.1 Å². The van der Waals surface area contributed by atoms with Crippen molar-refractivity contribution in [3.05, 3.63) is 95.1 Å². The monoisotopic (exact) mass is 688 g/mol. The fourth-order valence-electron chi connectivity index (χ4n) is 6.50. The van der Waals surface area contributed by atoms with Crippen molar-refractivity contribution in [1.82, 2.24) is 10.2 Å². The highest BCUT2D eigenvalue weighted by Gasteiger charge is 2.43. The van der Waals surface area contributed by atoms with E-state index in [-0.39, 0.29) is 31.3 Å². The van der Waals surface area contributed by atoms with Crippen molar-refractivity contribution in [2.45, 2.75) is 61.0 Å². The van der Waals surface area contributed by atoms with Crippen LogP contribution in [0.15, 0.2) is 72.8 Å². The molecule has 0 radical (unpaired) electrons. The zero-order valence-corrected chi connectivity index (χ0v) is 27.9. The number of aliphatic hydroxyl groups is 1. The number of halogens is 3. The number of nitrogens with one attached hydrogen (secondary N) is 1. The van der Waals surface area contributed by atoms with Gasteiger partial charge in [-0.15, -0.1) is 0 Å². The Labute approximate surface area is 284 Å². The van der Waals surface area contributed by atoms with Crippen LogP contribution in [0.2, 0.25) is 0 Å². The summed E-state index contributed by atoms with van der Waals surface area (Å²) in [6, 6.07) is 23.8. The average Bonchev–Trinajstić information content (AvgIpc) is 3.53. The largest absolute Gasteiger partial charge is 0.392 e. The molecule has 0 saturated carbocycles. The maximum atomic E-state index is 12.1. The fraction of sp³-hybridized carbons (Fsp3) is 0.457. The minimum atomic E-state index is -2.03. The molecule has 3 heterocycles. The Hall–Kier alpha value is -2.24. The zero-order valence-electron chi connectivity index (χ0n) is 25.7. The van der Waals surface area contributed by atoms with Crippen molar-refractivity contribution in [2.75, 3.05) is 32.8 Å². The number of nitrogens with zero attached hydrogens (tertiary/aromatic N) is 1. The van der Waals surface area contributed by atoms with Crippen LogP contribution in [0.4, 0.5) is 0 Å². The van der Waals surface area contributed by atoms with Crippen molar-refractivity contribution >= 4 is 40.7 Å². The lowest BCUT2D eigenvalue weighted by molar-refractivity contribution is -0.278. The van der Waals surface area contributed by atoms with Crippen LogP contribution in [0, 0.1) is 5.92 Å². The molecule has 4 unspecified atom stereocenters. The van der Waals surface area contributed by atoms with Crippen molar-refractivity contribution in [2.24, 2.45) is 5.92 Å². The fourth-order valence-corrected chi connectivity index (χ4v) is 6.70. The molecule has 6 rings (SSSR count). The number of hydrogen-bond acceptors (Lipinski definition) is 7.